The van der Waals surface area contributed by atoms with Crippen LogP contribution in [0.15, 0.2) is 12.1 Å². The predicted octanol–water partition coefficient (Wildman–Crippen LogP) is 3.63. The normalized spacial score (nSPS) is 10.2. The fourth-order valence-corrected chi connectivity index (χ4v) is 3.54. The maximum absolute atomic E-state index is 11.8. The summed E-state index contributed by atoms with van der Waals surface area (Å²) in [6, 6.07) is 4.74. The van der Waals surface area contributed by atoms with Crippen LogP contribution in [0.1, 0.15) is 16.8 Å². The zero-order valence-electron chi connectivity index (χ0n) is 8.23. The van der Waals surface area contributed by atoms with E-state index in [0.717, 1.165) is 23.2 Å². The molecular formula is C10H8I3O2Si. The van der Waals surface area contributed by atoms with Gasteiger partial charge in [-0.05, 0) is 86.3 Å². The lowest BCUT2D eigenvalue weighted by Crippen LogP contribution is -2.09. The third kappa shape index (κ3) is 4.41. The Morgan fingerprint density at radius 3 is 2.62 bits per heavy atom. The van der Waals surface area contributed by atoms with Crippen molar-refractivity contribution in [2.24, 2.45) is 0 Å². The molecule has 0 unspecified atom stereocenters. The molecule has 1 rings (SSSR count). The van der Waals surface area contributed by atoms with Crippen molar-refractivity contribution >= 4 is 84.0 Å². The average Bonchev–Trinajstić information content (AvgIpc) is 2.23. The van der Waals surface area contributed by atoms with Crippen molar-refractivity contribution in [1.29, 1.82) is 0 Å². The molecule has 0 amide bonds. The molecule has 0 aliphatic carbocycles. The van der Waals surface area contributed by atoms with Crippen LogP contribution < -0.4 is 0 Å². The number of carbonyl (C=O) groups excluding carboxylic acids is 1. The first-order chi connectivity index (χ1) is 7.56. The lowest BCUT2D eigenvalue weighted by molar-refractivity contribution is 0.0504. The largest absolute Gasteiger partial charge is 0.462 e. The fourth-order valence-electron chi connectivity index (χ4n) is 1.02. The van der Waals surface area contributed by atoms with Gasteiger partial charge in [0, 0.05) is 21.0 Å². The van der Waals surface area contributed by atoms with Gasteiger partial charge in [0.1, 0.15) is 0 Å². The van der Waals surface area contributed by atoms with E-state index >= 15 is 0 Å². The Morgan fingerprint density at radius 2 is 2.00 bits per heavy atom. The van der Waals surface area contributed by atoms with Crippen LogP contribution in [0.4, 0.5) is 0 Å². The average molecular weight is 569 g/mol. The Hall–Kier alpha value is 1.10. The quantitative estimate of drug-likeness (QED) is 0.182. The van der Waals surface area contributed by atoms with Crippen molar-refractivity contribution in [2.75, 3.05) is 6.61 Å². The summed E-state index contributed by atoms with van der Waals surface area (Å²) >= 11 is 6.61. The third-order valence-electron chi connectivity index (χ3n) is 1.77. The zero-order chi connectivity index (χ0) is 12.1. The number of carbonyl (C=O) groups is 1. The molecule has 85 valence electrons. The summed E-state index contributed by atoms with van der Waals surface area (Å²) in [7, 11) is 3.34. The van der Waals surface area contributed by atoms with Gasteiger partial charge in [-0.3, -0.25) is 0 Å². The standard InChI is InChI=1S/C10H8I3O2Si/c11-6-4-7(9(13)8(12)5-6)10(14)15-2-1-3-16/h4-5H,1-3H2. The topological polar surface area (TPSA) is 26.3 Å². The maximum atomic E-state index is 11.8. The molecule has 0 spiro atoms. The van der Waals surface area contributed by atoms with Crippen LogP contribution in [0, 0.1) is 10.7 Å². The maximum Gasteiger partial charge on any atom is 0.339 e. The van der Waals surface area contributed by atoms with Gasteiger partial charge in [0.25, 0.3) is 0 Å². The molecule has 0 fully saturated rings. The summed E-state index contributed by atoms with van der Waals surface area (Å²) in [5.74, 6) is -0.235. The second kappa shape index (κ2) is 7.51. The minimum atomic E-state index is -0.235. The van der Waals surface area contributed by atoms with Crippen molar-refractivity contribution in [3.63, 3.8) is 0 Å². The Kier molecular flexibility index (Phi) is 7.12. The Labute approximate surface area is 139 Å². The van der Waals surface area contributed by atoms with Gasteiger partial charge in [0.2, 0.25) is 0 Å². The highest BCUT2D eigenvalue weighted by Crippen LogP contribution is 2.23. The summed E-state index contributed by atoms with van der Waals surface area (Å²) in [6.07, 6.45) is 0.834. The molecule has 0 aromatic heterocycles. The Morgan fingerprint density at radius 1 is 1.31 bits per heavy atom. The van der Waals surface area contributed by atoms with Gasteiger partial charge in [-0.2, -0.15) is 0 Å². The number of hydrogen-bond donors (Lipinski definition) is 0. The second-order valence-electron chi connectivity index (χ2n) is 2.99. The molecule has 16 heavy (non-hydrogen) atoms. The van der Waals surface area contributed by atoms with E-state index in [0.29, 0.717) is 12.2 Å². The first-order valence-corrected chi connectivity index (χ1v) is 8.47. The lowest BCUT2D eigenvalue weighted by atomic mass is 10.2. The van der Waals surface area contributed by atoms with Crippen LogP contribution in [-0.2, 0) is 4.74 Å². The highest BCUT2D eigenvalue weighted by molar-refractivity contribution is 14.1. The molecule has 0 bridgehead atoms. The van der Waals surface area contributed by atoms with E-state index < -0.39 is 0 Å². The number of esters is 1. The summed E-state index contributed by atoms with van der Waals surface area (Å²) in [6.45, 7) is 0.459. The highest BCUT2D eigenvalue weighted by Gasteiger charge is 2.14. The number of ether oxygens (including phenoxy) is 1. The Balaban J connectivity index is 2.82. The minimum Gasteiger partial charge on any atom is -0.462 e. The third-order valence-corrected chi connectivity index (χ3v) is 5.79. The van der Waals surface area contributed by atoms with E-state index in [1.165, 1.54) is 0 Å². The molecule has 6 heteroatoms. The van der Waals surface area contributed by atoms with E-state index in [2.05, 4.69) is 78.0 Å². The fraction of sp³-hybridized carbons (Fsp3) is 0.300. The molecule has 0 saturated heterocycles. The number of benzene rings is 1. The summed E-state index contributed by atoms with van der Waals surface area (Å²) in [4.78, 5) is 11.8. The van der Waals surface area contributed by atoms with Crippen molar-refractivity contribution in [3.05, 3.63) is 28.4 Å². The van der Waals surface area contributed by atoms with E-state index in [4.69, 9.17) is 4.74 Å². The van der Waals surface area contributed by atoms with Crippen LogP contribution in [-0.4, -0.2) is 22.8 Å². The lowest BCUT2D eigenvalue weighted by Gasteiger charge is -2.07. The van der Waals surface area contributed by atoms with E-state index in [1.807, 2.05) is 12.1 Å². The van der Waals surface area contributed by atoms with Crippen LogP contribution in [0.3, 0.4) is 0 Å². The van der Waals surface area contributed by atoms with Crippen molar-refractivity contribution in [3.8, 4) is 0 Å². The number of rotatable bonds is 4. The smallest absolute Gasteiger partial charge is 0.339 e. The summed E-state index contributed by atoms with van der Waals surface area (Å²) in [5, 5.41) is 0. The molecule has 1 aromatic carbocycles. The molecule has 0 aliphatic rings. The van der Waals surface area contributed by atoms with Gasteiger partial charge in [-0.1, -0.05) is 6.04 Å². The van der Waals surface area contributed by atoms with Crippen molar-refractivity contribution in [1.82, 2.24) is 0 Å². The van der Waals surface area contributed by atoms with Crippen LogP contribution >= 0.6 is 67.8 Å². The molecule has 0 heterocycles. The van der Waals surface area contributed by atoms with E-state index in [9.17, 15) is 4.79 Å². The van der Waals surface area contributed by atoms with Gasteiger partial charge in [0.05, 0.1) is 12.2 Å². The van der Waals surface area contributed by atoms with E-state index in [-0.39, 0.29) is 5.97 Å². The van der Waals surface area contributed by atoms with Gasteiger partial charge in [-0.25, -0.2) is 4.79 Å². The Bertz CT molecular complexity index is 396. The molecule has 2 nitrogen and oxygen atoms in total. The first kappa shape index (κ1) is 15.2. The van der Waals surface area contributed by atoms with Crippen molar-refractivity contribution in [2.45, 2.75) is 12.5 Å². The van der Waals surface area contributed by atoms with Crippen LogP contribution in [0.25, 0.3) is 0 Å². The van der Waals surface area contributed by atoms with E-state index in [1.54, 1.807) is 0 Å². The molecular weight excluding hydrogens is 561 g/mol. The summed E-state index contributed by atoms with van der Waals surface area (Å²) in [5.41, 5.74) is 0.658. The zero-order valence-corrected chi connectivity index (χ0v) is 15.7. The second-order valence-corrected chi connectivity index (χ2v) is 6.98. The van der Waals surface area contributed by atoms with Crippen molar-refractivity contribution < 1.29 is 9.53 Å². The SMILES string of the molecule is O=C(OCCC[Si])c1cc(I)cc(I)c1I. The summed E-state index contributed by atoms with van der Waals surface area (Å²) < 4.78 is 8.27. The van der Waals surface area contributed by atoms with Gasteiger partial charge in [-0.15, -0.1) is 0 Å². The number of halogens is 3. The monoisotopic (exact) mass is 569 g/mol. The molecule has 0 aliphatic heterocycles. The molecule has 0 N–H and O–H groups in total. The minimum absolute atomic E-state index is 0.235. The highest BCUT2D eigenvalue weighted by atomic mass is 127. The molecule has 1 aromatic rings. The molecule has 0 atom stereocenters. The van der Waals surface area contributed by atoms with Crippen LogP contribution in [0.5, 0.6) is 0 Å². The van der Waals surface area contributed by atoms with Crippen LogP contribution in [0.2, 0.25) is 6.04 Å². The molecule has 0 saturated carbocycles. The first-order valence-electron chi connectivity index (χ1n) is 4.52. The van der Waals surface area contributed by atoms with Gasteiger partial charge < -0.3 is 4.74 Å². The molecule has 3 radical (unpaired) electrons. The van der Waals surface area contributed by atoms with Gasteiger partial charge >= 0.3 is 5.97 Å². The van der Waals surface area contributed by atoms with Gasteiger partial charge in [0.15, 0.2) is 0 Å². The predicted molar refractivity (Wildman–Crippen MR) is 90.1 cm³/mol. The number of hydrogen-bond acceptors (Lipinski definition) is 2.